The number of amides is 1. The summed E-state index contributed by atoms with van der Waals surface area (Å²) < 4.78 is 29.6. The van der Waals surface area contributed by atoms with Crippen molar-refractivity contribution in [3.63, 3.8) is 0 Å². The maximum Gasteiger partial charge on any atom is 0.387 e. The second-order valence-corrected chi connectivity index (χ2v) is 5.49. The fourth-order valence-electron chi connectivity index (χ4n) is 1.69. The van der Waals surface area contributed by atoms with Gasteiger partial charge < -0.3 is 10.1 Å². The number of nitrogens with one attached hydrogen (secondary N) is 1. The molecule has 0 fully saturated rings. The monoisotopic (exact) mass is 403 g/mol. The molecule has 0 aromatic heterocycles. The summed E-state index contributed by atoms with van der Waals surface area (Å²) in [5.41, 5.74) is 2.01. The van der Waals surface area contributed by atoms with E-state index >= 15 is 0 Å². The van der Waals surface area contributed by atoms with Crippen LogP contribution in [0.5, 0.6) is 5.75 Å². The van der Waals surface area contributed by atoms with Crippen LogP contribution >= 0.6 is 22.6 Å². The minimum atomic E-state index is -2.91. The summed E-state index contributed by atoms with van der Waals surface area (Å²) in [6.07, 6.45) is 0. The van der Waals surface area contributed by atoms with Crippen LogP contribution in [0.3, 0.4) is 0 Å². The lowest BCUT2D eigenvalue weighted by atomic mass is 10.2. The number of aryl methyl sites for hydroxylation is 1. The van der Waals surface area contributed by atoms with E-state index < -0.39 is 6.61 Å². The zero-order valence-electron chi connectivity index (χ0n) is 11.1. The van der Waals surface area contributed by atoms with Gasteiger partial charge in [-0.3, -0.25) is 4.79 Å². The summed E-state index contributed by atoms with van der Waals surface area (Å²) in [4.78, 5) is 12.1. The molecule has 0 saturated heterocycles. The summed E-state index contributed by atoms with van der Waals surface area (Å²) in [6.45, 7) is -0.944. The molecule has 0 spiro atoms. The minimum Gasteiger partial charge on any atom is -0.435 e. The number of benzene rings is 2. The van der Waals surface area contributed by atoms with E-state index in [4.69, 9.17) is 0 Å². The third-order valence-corrected chi connectivity index (χ3v) is 3.91. The normalized spacial score (nSPS) is 10.5. The lowest BCUT2D eigenvalue weighted by Crippen LogP contribution is -2.12. The van der Waals surface area contributed by atoms with Gasteiger partial charge in [-0.25, -0.2) is 0 Å². The Morgan fingerprint density at radius 3 is 2.67 bits per heavy atom. The van der Waals surface area contributed by atoms with Crippen LogP contribution in [0.1, 0.15) is 15.9 Å². The number of ether oxygens (including phenoxy) is 1. The summed E-state index contributed by atoms with van der Waals surface area (Å²) in [5.74, 6) is -0.425. The topological polar surface area (TPSA) is 38.3 Å². The van der Waals surface area contributed by atoms with Crippen LogP contribution in [0.15, 0.2) is 42.5 Å². The molecular formula is C15H12F2INO2. The number of anilines is 1. The maximum atomic E-state index is 12.2. The third kappa shape index (κ3) is 4.38. The molecule has 0 bridgehead atoms. The molecule has 0 atom stereocenters. The first-order valence-electron chi connectivity index (χ1n) is 6.08. The van der Waals surface area contributed by atoms with Gasteiger partial charge in [0.15, 0.2) is 0 Å². The molecule has 0 aliphatic carbocycles. The van der Waals surface area contributed by atoms with Crippen LogP contribution in [-0.4, -0.2) is 12.5 Å². The van der Waals surface area contributed by atoms with Crippen LogP contribution in [0, 0.1) is 10.5 Å². The van der Waals surface area contributed by atoms with Crippen molar-refractivity contribution >= 4 is 34.2 Å². The van der Waals surface area contributed by atoms with Crippen molar-refractivity contribution in [3.05, 3.63) is 57.2 Å². The van der Waals surface area contributed by atoms with Crippen LogP contribution in [-0.2, 0) is 0 Å². The number of halogens is 3. The van der Waals surface area contributed by atoms with Gasteiger partial charge in [-0.15, -0.1) is 0 Å². The first-order chi connectivity index (χ1) is 9.95. The Morgan fingerprint density at radius 1 is 1.24 bits per heavy atom. The smallest absolute Gasteiger partial charge is 0.387 e. The van der Waals surface area contributed by atoms with E-state index in [1.165, 1.54) is 24.3 Å². The number of hydrogen-bond acceptors (Lipinski definition) is 2. The molecule has 0 heterocycles. The molecule has 0 radical (unpaired) electrons. The molecule has 2 aromatic rings. The Balaban J connectivity index is 2.14. The second kappa shape index (κ2) is 6.84. The standard InChI is InChI=1S/C15H12F2INO2/c1-9-5-6-11(8-13(9)18)19-14(20)10-3-2-4-12(7-10)21-15(16)17/h2-8,15H,1H3,(H,19,20). The average molecular weight is 403 g/mol. The number of hydrogen-bond donors (Lipinski definition) is 1. The molecule has 0 unspecified atom stereocenters. The van der Waals surface area contributed by atoms with E-state index in [2.05, 4.69) is 32.6 Å². The molecule has 0 aliphatic heterocycles. The predicted octanol–water partition coefficient (Wildman–Crippen LogP) is 4.45. The Morgan fingerprint density at radius 2 is 2.00 bits per heavy atom. The highest BCUT2D eigenvalue weighted by molar-refractivity contribution is 14.1. The number of carbonyl (C=O) groups is 1. The molecule has 1 amide bonds. The van der Waals surface area contributed by atoms with Crippen LogP contribution in [0.25, 0.3) is 0 Å². The van der Waals surface area contributed by atoms with E-state index in [0.717, 1.165) is 9.13 Å². The van der Waals surface area contributed by atoms with Gasteiger partial charge in [-0.05, 0) is 65.4 Å². The molecule has 2 rings (SSSR count). The molecule has 0 saturated carbocycles. The number of rotatable bonds is 4. The first kappa shape index (κ1) is 15.7. The zero-order chi connectivity index (χ0) is 15.4. The maximum absolute atomic E-state index is 12.2. The highest BCUT2D eigenvalue weighted by atomic mass is 127. The van der Waals surface area contributed by atoms with E-state index in [1.807, 2.05) is 19.1 Å². The van der Waals surface area contributed by atoms with E-state index in [9.17, 15) is 13.6 Å². The van der Waals surface area contributed by atoms with Crippen molar-refractivity contribution in [2.24, 2.45) is 0 Å². The van der Waals surface area contributed by atoms with Crippen molar-refractivity contribution in [2.75, 3.05) is 5.32 Å². The van der Waals surface area contributed by atoms with Crippen molar-refractivity contribution in [1.82, 2.24) is 0 Å². The van der Waals surface area contributed by atoms with Crippen LogP contribution in [0.4, 0.5) is 14.5 Å². The summed E-state index contributed by atoms with van der Waals surface area (Å²) in [5, 5.41) is 2.72. The van der Waals surface area contributed by atoms with Gasteiger partial charge in [0.2, 0.25) is 0 Å². The fourth-order valence-corrected chi connectivity index (χ4v) is 2.20. The van der Waals surface area contributed by atoms with Gasteiger partial charge in [0.05, 0.1) is 0 Å². The zero-order valence-corrected chi connectivity index (χ0v) is 13.2. The summed E-state index contributed by atoms with van der Waals surface area (Å²) in [7, 11) is 0. The highest BCUT2D eigenvalue weighted by Crippen LogP contribution is 2.20. The Labute approximate surface area is 134 Å². The van der Waals surface area contributed by atoms with Gasteiger partial charge in [-0.1, -0.05) is 12.1 Å². The molecule has 0 aliphatic rings. The van der Waals surface area contributed by atoms with Gasteiger partial charge >= 0.3 is 6.61 Å². The van der Waals surface area contributed by atoms with Gasteiger partial charge in [-0.2, -0.15) is 8.78 Å². The Kier molecular flexibility index (Phi) is 5.11. The van der Waals surface area contributed by atoms with Gasteiger partial charge in [0.1, 0.15) is 5.75 Å². The third-order valence-electron chi connectivity index (χ3n) is 2.75. The van der Waals surface area contributed by atoms with E-state index in [0.29, 0.717) is 5.69 Å². The summed E-state index contributed by atoms with van der Waals surface area (Å²) in [6, 6.07) is 11.2. The van der Waals surface area contributed by atoms with Crippen molar-refractivity contribution in [1.29, 1.82) is 0 Å². The van der Waals surface area contributed by atoms with Crippen LogP contribution in [0.2, 0.25) is 0 Å². The molecular weight excluding hydrogens is 391 g/mol. The largest absolute Gasteiger partial charge is 0.435 e. The lowest BCUT2D eigenvalue weighted by molar-refractivity contribution is -0.0498. The molecule has 110 valence electrons. The van der Waals surface area contributed by atoms with Gasteiger partial charge in [0.25, 0.3) is 5.91 Å². The SMILES string of the molecule is Cc1ccc(NC(=O)c2cccc(OC(F)F)c2)cc1I. The molecule has 3 nitrogen and oxygen atoms in total. The average Bonchev–Trinajstić information content (AvgIpc) is 2.42. The second-order valence-electron chi connectivity index (χ2n) is 4.32. The Bertz CT molecular complexity index is 662. The quantitative estimate of drug-likeness (QED) is 0.767. The van der Waals surface area contributed by atoms with Crippen molar-refractivity contribution in [3.8, 4) is 5.75 Å². The first-order valence-corrected chi connectivity index (χ1v) is 7.16. The molecule has 1 N–H and O–H groups in total. The Hall–Kier alpha value is -1.70. The molecule has 2 aromatic carbocycles. The van der Waals surface area contributed by atoms with E-state index in [-0.39, 0.29) is 17.2 Å². The van der Waals surface area contributed by atoms with Crippen molar-refractivity contribution < 1.29 is 18.3 Å². The lowest BCUT2D eigenvalue weighted by Gasteiger charge is -2.09. The van der Waals surface area contributed by atoms with E-state index in [1.54, 1.807) is 6.07 Å². The number of alkyl halides is 2. The fraction of sp³-hybridized carbons (Fsp3) is 0.133. The highest BCUT2D eigenvalue weighted by Gasteiger charge is 2.10. The summed E-state index contributed by atoms with van der Waals surface area (Å²) >= 11 is 2.18. The van der Waals surface area contributed by atoms with Crippen LogP contribution < -0.4 is 10.1 Å². The minimum absolute atomic E-state index is 0.0452. The number of carbonyl (C=O) groups excluding carboxylic acids is 1. The van der Waals surface area contributed by atoms with Crippen molar-refractivity contribution in [2.45, 2.75) is 13.5 Å². The van der Waals surface area contributed by atoms with Gasteiger partial charge in [0, 0.05) is 14.8 Å². The molecule has 6 heteroatoms. The molecule has 21 heavy (non-hydrogen) atoms. The predicted molar refractivity (Wildman–Crippen MR) is 84.9 cm³/mol.